The van der Waals surface area contributed by atoms with Crippen LogP contribution < -0.4 is 5.32 Å². The zero-order chi connectivity index (χ0) is 14.4. The molecular weight excluding hydrogens is 262 g/mol. The van der Waals surface area contributed by atoms with E-state index < -0.39 is 0 Å². The minimum atomic E-state index is 0.532. The van der Waals surface area contributed by atoms with Crippen molar-refractivity contribution in [3.63, 3.8) is 0 Å². The molecule has 0 aliphatic carbocycles. The molecule has 0 radical (unpaired) electrons. The summed E-state index contributed by atoms with van der Waals surface area (Å²) in [6.07, 6.45) is 4.65. The molecule has 1 N–H and O–H groups in total. The van der Waals surface area contributed by atoms with Crippen molar-refractivity contribution in [2.24, 2.45) is 5.41 Å². The minimum Gasteiger partial charge on any atom is -0.316 e. The van der Waals surface area contributed by atoms with Gasteiger partial charge < -0.3 is 5.32 Å². The Morgan fingerprint density at radius 1 is 1.33 bits per heavy atom. The van der Waals surface area contributed by atoms with Crippen molar-refractivity contribution in [3.05, 3.63) is 29.3 Å². The monoisotopic (exact) mass is 285 g/mol. The lowest BCUT2D eigenvalue weighted by atomic mass is 9.87. The Bertz CT molecular complexity index is 669. The van der Waals surface area contributed by atoms with Gasteiger partial charge in [0.05, 0.1) is 11.9 Å². The molecule has 2 aromatic heterocycles. The summed E-state index contributed by atoms with van der Waals surface area (Å²) in [4.78, 5) is 11.6. The Kier molecular flexibility index (Phi) is 3.01. The van der Waals surface area contributed by atoms with E-state index in [-0.39, 0.29) is 0 Å². The molecule has 5 nitrogen and oxygen atoms in total. The summed E-state index contributed by atoms with van der Waals surface area (Å²) in [5.74, 6) is 0.832. The molecule has 2 aromatic rings. The molecule has 0 saturated carbocycles. The van der Waals surface area contributed by atoms with Gasteiger partial charge in [-0.15, -0.1) is 0 Å². The lowest BCUT2D eigenvalue weighted by Gasteiger charge is -2.22. The van der Waals surface area contributed by atoms with E-state index in [9.17, 15) is 0 Å². The van der Waals surface area contributed by atoms with Gasteiger partial charge in [-0.2, -0.15) is 0 Å². The summed E-state index contributed by atoms with van der Waals surface area (Å²) in [6.45, 7) is 9.94. The highest BCUT2D eigenvalue weighted by molar-refractivity contribution is 5.35. The fourth-order valence-corrected chi connectivity index (χ4v) is 4.04. The highest BCUT2D eigenvalue weighted by atomic mass is 15.2. The third kappa shape index (κ3) is 2.24. The topological polar surface area (TPSA) is 45.5 Å². The fraction of sp³-hybridized carbons (Fsp3) is 0.625. The molecule has 0 amide bonds. The first-order valence-corrected chi connectivity index (χ1v) is 7.89. The van der Waals surface area contributed by atoms with Crippen molar-refractivity contribution in [2.45, 2.75) is 33.2 Å². The number of likely N-dealkylation sites (tertiary alicyclic amines) is 1. The molecule has 1 atom stereocenters. The number of nitrogens with one attached hydrogen (secondary N) is 1. The van der Waals surface area contributed by atoms with Crippen molar-refractivity contribution in [2.75, 3.05) is 26.2 Å². The van der Waals surface area contributed by atoms with Crippen molar-refractivity contribution < 1.29 is 0 Å². The Balaban J connectivity index is 1.58. The first kappa shape index (κ1) is 13.2. The van der Waals surface area contributed by atoms with E-state index in [1.54, 1.807) is 0 Å². The fourth-order valence-electron chi connectivity index (χ4n) is 4.04. The van der Waals surface area contributed by atoms with Crippen LogP contribution in [0.25, 0.3) is 5.78 Å². The number of nitrogens with zero attached hydrogens (tertiary/aromatic N) is 4. The van der Waals surface area contributed by atoms with Crippen molar-refractivity contribution in [1.82, 2.24) is 24.6 Å². The number of aromatic nitrogens is 3. The second-order valence-corrected chi connectivity index (χ2v) is 6.81. The second-order valence-electron chi connectivity index (χ2n) is 6.81. The molecule has 2 fully saturated rings. The number of fused-ring (bicyclic) bond motifs is 1. The first-order chi connectivity index (χ1) is 10.2. The van der Waals surface area contributed by atoms with Crippen molar-refractivity contribution in [1.29, 1.82) is 0 Å². The summed E-state index contributed by atoms with van der Waals surface area (Å²) in [7, 11) is 0. The average Bonchev–Trinajstić information content (AvgIpc) is 3.13. The second kappa shape index (κ2) is 4.78. The quantitative estimate of drug-likeness (QED) is 0.909. The maximum atomic E-state index is 4.53. The summed E-state index contributed by atoms with van der Waals surface area (Å²) in [5, 5.41) is 3.53. The van der Waals surface area contributed by atoms with Gasteiger partial charge in [0.1, 0.15) is 0 Å². The van der Waals surface area contributed by atoms with Crippen LogP contribution in [0, 0.1) is 19.3 Å². The number of hydrogen-bond acceptors (Lipinski definition) is 4. The van der Waals surface area contributed by atoms with E-state index in [1.165, 1.54) is 50.4 Å². The highest BCUT2D eigenvalue weighted by Gasteiger charge is 2.40. The zero-order valence-electron chi connectivity index (χ0n) is 12.9. The van der Waals surface area contributed by atoms with Crippen LogP contribution in [0.5, 0.6) is 0 Å². The molecule has 2 aliphatic heterocycles. The molecular formula is C16H23N5. The van der Waals surface area contributed by atoms with Gasteiger partial charge in [0.2, 0.25) is 5.78 Å². The maximum Gasteiger partial charge on any atom is 0.234 e. The SMILES string of the molecule is Cc1cc(C)n2c(CN3CCC4(CCNC4)C3)cnc2n1. The molecule has 1 unspecified atom stereocenters. The summed E-state index contributed by atoms with van der Waals surface area (Å²) in [5.41, 5.74) is 4.05. The van der Waals surface area contributed by atoms with Crippen molar-refractivity contribution in [3.8, 4) is 0 Å². The van der Waals surface area contributed by atoms with Crippen LogP contribution >= 0.6 is 0 Å². The van der Waals surface area contributed by atoms with Crippen molar-refractivity contribution >= 4 is 5.78 Å². The zero-order valence-corrected chi connectivity index (χ0v) is 12.9. The van der Waals surface area contributed by atoms with Gasteiger partial charge in [-0.3, -0.25) is 9.30 Å². The Morgan fingerprint density at radius 2 is 2.24 bits per heavy atom. The number of rotatable bonds is 2. The van der Waals surface area contributed by atoms with E-state index >= 15 is 0 Å². The van der Waals surface area contributed by atoms with Gasteiger partial charge in [-0.05, 0) is 51.3 Å². The molecule has 4 heterocycles. The maximum absolute atomic E-state index is 4.53. The molecule has 0 aromatic carbocycles. The van der Waals surface area contributed by atoms with Crippen LogP contribution in [-0.2, 0) is 6.54 Å². The minimum absolute atomic E-state index is 0.532. The molecule has 2 aliphatic rings. The van der Waals surface area contributed by atoms with E-state index in [4.69, 9.17) is 0 Å². The lowest BCUT2D eigenvalue weighted by molar-refractivity contribution is 0.266. The molecule has 5 heteroatoms. The summed E-state index contributed by atoms with van der Waals surface area (Å²) >= 11 is 0. The van der Waals surface area contributed by atoms with Gasteiger partial charge in [0.25, 0.3) is 0 Å². The van der Waals surface area contributed by atoms with Gasteiger partial charge in [-0.1, -0.05) is 0 Å². The van der Waals surface area contributed by atoms with E-state index in [2.05, 4.69) is 37.6 Å². The van der Waals surface area contributed by atoms with E-state index in [0.29, 0.717) is 5.41 Å². The summed E-state index contributed by atoms with van der Waals surface area (Å²) < 4.78 is 2.20. The number of imidazole rings is 1. The molecule has 2 saturated heterocycles. The van der Waals surface area contributed by atoms with Crippen LogP contribution in [0.1, 0.15) is 29.9 Å². The van der Waals surface area contributed by atoms with E-state index in [0.717, 1.165) is 18.0 Å². The van der Waals surface area contributed by atoms with Gasteiger partial charge in [-0.25, -0.2) is 9.97 Å². The highest BCUT2D eigenvalue weighted by Crippen LogP contribution is 2.36. The lowest BCUT2D eigenvalue weighted by Crippen LogP contribution is -2.29. The molecule has 0 bridgehead atoms. The van der Waals surface area contributed by atoms with E-state index in [1.807, 2.05) is 13.1 Å². The Hall–Kier alpha value is -1.46. The predicted octanol–water partition coefficient (Wildman–Crippen LogP) is 1.53. The Labute approximate surface area is 125 Å². The molecule has 21 heavy (non-hydrogen) atoms. The standard InChI is InChI=1S/C16H23N5/c1-12-7-13(2)21-14(8-18-15(21)19-12)9-20-6-4-16(11-20)3-5-17-10-16/h7-8,17H,3-6,9-11H2,1-2H3. The number of hydrogen-bond donors (Lipinski definition) is 1. The molecule has 112 valence electrons. The van der Waals surface area contributed by atoms with Crippen LogP contribution in [0.2, 0.25) is 0 Å². The smallest absolute Gasteiger partial charge is 0.234 e. The van der Waals surface area contributed by atoms with Gasteiger partial charge >= 0.3 is 0 Å². The van der Waals surface area contributed by atoms with Crippen LogP contribution in [-0.4, -0.2) is 45.4 Å². The normalized spacial score (nSPS) is 26.4. The van der Waals surface area contributed by atoms with Crippen LogP contribution in [0.4, 0.5) is 0 Å². The third-order valence-electron chi connectivity index (χ3n) is 5.10. The predicted molar refractivity (Wildman–Crippen MR) is 82.3 cm³/mol. The summed E-state index contributed by atoms with van der Waals surface area (Å²) in [6, 6.07) is 2.13. The van der Waals surface area contributed by atoms with Gasteiger partial charge in [0, 0.05) is 31.0 Å². The number of aryl methyl sites for hydroxylation is 2. The first-order valence-electron chi connectivity index (χ1n) is 7.89. The van der Waals surface area contributed by atoms with Crippen LogP contribution in [0.3, 0.4) is 0 Å². The average molecular weight is 285 g/mol. The molecule has 1 spiro atoms. The third-order valence-corrected chi connectivity index (χ3v) is 5.10. The van der Waals surface area contributed by atoms with Crippen LogP contribution in [0.15, 0.2) is 12.3 Å². The Morgan fingerprint density at radius 3 is 3.05 bits per heavy atom. The largest absolute Gasteiger partial charge is 0.316 e. The van der Waals surface area contributed by atoms with Gasteiger partial charge in [0.15, 0.2) is 0 Å². The molecule has 4 rings (SSSR count).